The summed E-state index contributed by atoms with van der Waals surface area (Å²) in [5.41, 5.74) is 2.92. The molecule has 1 saturated carbocycles. The van der Waals surface area contributed by atoms with Gasteiger partial charge in [0.15, 0.2) is 0 Å². The summed E-state index contributed by atoms with van der Waals surface area (Å²) in [5, 5.41) is 20.1. The highest BCUT2D eigenvalue weighted by atomic mass is 16.3. The number of amides is 2. The van der Waals surface area contributed by atoms with Gasteiger partial charge < -0.3 is 19.9 Å². The van der Waals surface area contributed by atoms with Gasteiger partial charge in [-0.3, -0.25) is 9.59 Å². The van der Waals surface area contributed by atoms with Crippen molar-refractivity contribution < 1.29 is 14.7 Å². The number of carbonyl (C=O) groups excluding carboxylic acids is 2. The highest BCUT2D eigenvalue weighted by molar-refractivity contribution is 5.95. The number of fused-ring (bicyclic) bond motifs is 1. The molecule has 2 fully saturated rings. The van der Waals surface area contributed by atoms with Crippen LogP contribution >= 0.6 is 0 Å². The van der Waals surface area contributed by atoms with E-state index in [-0.39, 0.29) is 11.8 Å². The smallest absolute Gasteiger partial charge is 0.254 e. The van der Waals surface area contributed by atoms with Crippen LogP contribution in [0, 0.1) is 11.3 Å². The Bertz CT molecular complexity index is 1210. The van der Waals surface area contributed by atoms with E-state index in [1.807, 2.05) is 42.5 Å². The third-order valence-electron chi connectivity index (χ3n) is 6.24. The highest BCUT2D eigenvalue weighted by Crippen LogP contribution is 2.37. The maximum atomic E-state index is 12.9. The van der Waals surface area contributed by atoms with Crippen LogP contribution in [0.3, 0.4) is 0 Å². The van der Waals surface area contributed by atoms with Crippen molar-refractivity contribution in [1.29, 1.82) is 5.26 Å². The normalized spacial score (nSPS) is 17.4. The van der Waals surface area contributed by atoms with E-state index in [4.69, 9.17) is 0 Å². The fourth-order valence-corrected chi connectivity index (χ4v) is 4.12. The van der Waals surface area contributed by atoms with Crippen molar-refractivity contribution in [3.05, 3.63) is 59.8 Å². The Balaban J connectivity index is 1.27. The van der Waals surface area contributed by atoms with Crippen LogP contribution in [0.5, 0.6) is 0 Å². The lowest BCUT2D eigenvalue weighted by atomic mass is 10.0. The second-order valence-corrected chi connectivity index (χ2v) is 8.27. The second kappa shape index (κ2) is 7.25. The first-order chi connectivity index (χ1) is 15.0. The number of piperazine rings is 1. The molecule has 0 bridgehead atoms. The van der Waals surface area contributed by atoms with Gasteiger partial charge in [0.05, 0.1) is 5.56 Å². The Labute approximate surface area is 179 Å². The van der Waals surface area contributed by atoms with Crippen LogP contribution in [0.4, 0.5) is 0 Å². The van der Waals surface area contributed by atoms with E-state index in [0.717, 1.165) is 22.0 Å². The van der Waals surface area contributed by atoms with Gasteiger partial charge in [-0.1, -0.05) is 18.2 Å². The summed E-state index contributed by atoms with van der Waals surface area (Å²) in [7, 11) is 0. The van der Waals surface area contributed by atoms with Gasteiger partial charge in [-0.25, -0.2) is 0 Å². The molecule has 5 rings (SSSR count). The molecular weight excluding hydrogens is 392 g/mol. The number of hydrogen-bond acceptors (Lipinski definition) is 4. The van der Waals surface area contributed by atoms with E-state index >= 15 is 0 Å². The van der Waals surface area contributed by atoms with Gasteiger partial charge >= 0.3 is 0 Å². The average Bonchev–Trinajstić information content (AvgIpc) is 3.44. The quantitative estimate of drug-likeness (QED) is 0.688. The van der Waals surface area contributed by atoms with Gasteiger partial charge in [0.2, 0.25) is 0 Å². The molecule has 2 aliphatic rings. The second-order valence-electron chi connectivity index (χ2n) is 8.27. The Hall–Kier alpha value is -3.63. The number of carbonyl (C=O) groups is 2. The van der Waals surface area contributed by atoms with Crippen LogP contribution in [0.2, 0.25) is 0 Å². The first-order valence-corrected chi connectivity index (χ1v) is 10.4. The third kappa shape index (κ3) is 3.45. The summed E-state index contributed by atoms with van der Waals surface area (Å²) in [5.74, 6) is -0.264. The van der Waals surface area contributed by atoms with Crippen molar-refractivity contribution in [2.45, 2.75) is 18.4 Å². The number of benzene rings is 2. The molecule has 2 heterocycles. The zero-order valence-corrected chi connectivity index (χ0v) is 17.0. The van der Waals surface area contributed by atoms with Crippen molar-refractivity contribution in [2.75, 3.05) is 26.2 Å². The van der Waals surface area contributed by atoms with Gasteiger partial charge in [-0.15, -0.1) is 0 Å². The summed E-state index contributed by atoms with van der Waals surface area (Å²) >= 11 is 0. The standard InChI is InChI=1S/C24H22N4O3/c25-14-19-15-26-21-6-5-18(13-20(19)21)16-1-3-17(4-2-16)22(29)27-9-11-28(12-10-27)23(30)24(31)7-8-24/h1-6,13,15,26,31H,7-12H2. The molecule has 0 spiro atoms. The third-order valence-corrected chi connectivity index (χ3v) is 6.24. The van der Waals surface area contributed by atoms with E-state index < -0.39 is 5.60 Å². The maximum absolute atomic E-state index is 12.9. The van der Waals surface area contributed by atoms with E-state index in [0.29, 0.717) is 50.1 Å². The first-order valence-electron chi connectivity index (χ1n) is 10.4. The zero-order valence-electron chi connectivity index (χ0n) is 17.0. The van der Waals surface area contributed by atoms with Crippen LogP contribution in [0.25, 0.3) is 22.0 Å². The summed E-state index contributed by atoms with van der Waals surface area (Å²) in [4.78, 5) is 31.6. The highest BCUT2D eigenvalue weighted by Gasteiger charge is 2.50. The van der Waals surface area contributed by atoms with Crippen LogP contribution < -0.4 is 0 Å². The summed E-state index contributed by atoms with van der Waals surface area (Å²) in [6.07, 6.45) is 2.77. The number of H-pyrrole nitrogens is 1. The molecule has 2 amide bonds. The van der Waals surface area contributed by atoms with Crippen LogP contribution in [0.1, 0.15) is 28.8 Å². The average molecular weight is 414 g/mol. The Kier molecular flexibility index (Phi) is 4.53. The minimum Gasteiger partial charge on any atom is -0.380 e. The predicted molar refractivity (Wildman–Crippen MR) is 115 cm³/mol. The molecule has 156 valence electrons. The fraction of sp³-hybridized carbons (Fsp3) is 0.292. The van der Waals surface area contributed by atoms with Gasteiger partial charge in [0.1, 0.15) is 11.7 Å². The lowest BCUT2D eigenvalue weighted by molar-refractivity contribution is -0.143. The zero-order chi connectivity index (χ0) is 21.6. The molecule has 7 heteroatoms. The van der Waals surface area contributed by atoms with E-state index in [1.54, 1.807) is 16.0 Å². The first kappa shape index (κ1) is 19.3. The largest absolute Gasteiger partial charge is 0.380 e. The maximum Gasteiger partial charge on any atom is 0.254 e. The number of hydrogen-bond donors (Lipinski definition) is 2. The molecule has 1 aliphatic carbocycles. The molecule has 2 N–H and O–H groups in total. The molecule has 0 atom stereocenters. The number of aromatic amines is 1. The van der Waals surface area contributed by atoms with Gasteiger partial charge in [0, 0.05) is 48.8 Å². The van der Waals surface area contributed by atoms with E-state index in [9.17, 15) is 20.0 Å². The monoisotopic (exact) mass is 414 g/mol. The molecular formula is C24H22N4O3. The van der Waals surface area contributed by atoms with Crippen molar-refractivity contribution in [3.8, 4) is 17.2 Å². The van der Waals surface area contributed by atoms with Gasteiger partial charge in [-0.05, 0) is 48.2 Å². The van der Waals surface area contributed by atoms with Crippen molar-refractivity contribution in [2.24, 2.45) is 0 Å². The molecule has 1 aliphatic heterocycles. The SMILES string of the molecule is N#Cc1c[nH]c2ccc(-c3ccc(C(=O)N4CCN(C(=O)C5(O)CC5)CC4)cc3)cc12. The molecule has 3 aromatic rings. The molecule has 0 radical (unpaired) electrons. The Morgan fingerprint density at radius 3 is 2.26 bits per heavy atom. The minimum absolute atomic E-state index is 0.0587. The van der Waals surface area contributed by atoms with Crippen molar-refractivity contribution >= 4 is 22.7 Å². The number of aliphatic hydroxyl groups is 1. The van der Waals surface area contributed by atoms with E-state index in [2.05, 4.69) is 11.1 Å². The number of nitrogens with zero attached hydrogens (tertiary/aromatic N) is 3. The number of nitrogens with one attached hydrogen (secondary N) is 1. The van der Waals surface area contributed by atoms with Crippen LogP contribution in [-0.2, 0) is 4.79 Å². The molecule has 2 aromatic carbocycles. The lowest BCUT2D eigenvalue weighted by Gasteiger charge is -2.35. The van der Waals surface area contributed by atoms with Gasteiger partial charge in [0.25, 0.3) is 11.8 Å². The molecule has 1 aromatic heterocycles. The lowest BCUT2D eigenvalue weighted by Crippen LogP contribution is -2.53. The molecule has 1 saturated heterocycles. The van der Waals surface area contributed by atoms with Crippen LogP contribution in [0.15, 0.2) is 48.7 Å². The minimum atomic E-state index is -1.15. The van der Waals surface area contributed by atoms with Crippen molar-refractivity contribution in [1.82, 2.24) is 14.8 Å². The number of rotatable bonds is 3. The number of nitriles is 1. The predicted octanol–water partition coefficient (Wildman–Crippen LogP) is 2.52. The van der Waals surface area contributed by atoms with Crippen LogP contribution in [-0.4, -0.2) is 63.5 Å². The number of aromatic nitrogens is 1. The van der Waals surface area contributed by atoms with E-state index in [1.165, 1.54) is 0 Å². The van der Waals surface area contributed by atoms with Crippen molar-refractivity contribution in [3.63, 3.8) is 0 Å². The Morgan fingerprint density at radius 2 is 1.61 bits per heavy atom. The molecule has 0 unspecified atom stereocenters. The topological polar surface area (TPSA) is 100 Å². The summed E-state index contributed by atoms with van der Waals surface area (Å²) in [6.45, 7) is 1.82. The summed E-state index contributed by atoms with van der Waals surface area (Å²) in [6, 6.07) is 15.6. The fourth-order valence-electron chi connectivity index (χ4n) is 4.12. The Morgan fingerprint density at radius 1 is 0.968 bits per heavy atom. The molecule has 7 nitrogen and oxygen atoms in total. The molecule has 31 heavy (non-hydrogen) atoms. The summed E-state index contributed by atoms with van der Waals surface area (Å²) < 4.78 is 0. The van der Waals surface area contributed by atoms with Gasteiger partial charge in [-0.2, -0.15) is 5.26 Å².